The second-order valence-electron chi connectivity index (χ2n) is 5.37. The molecule has 2 rings (SSSR count). The maximum atomic E-state index is 12.1. The molecular formula is C15H22N2O. The molecule has 0 N–H and O–H groups in total. The molecule has 0 aliphatic heterocycles. The van der Waals surface area contributed by atoms with E-state index < -0.39 is 0 Å². The first kappa shape index (κ1) is 13.1. The van der Waals surface area contributed by atoms with Crippen LogP contribution in [0, 0.1) is 12.8 Å². The van der Waals surface area contributed by atoms with E-state index >= 15 is 0 Å². The first-order valence-corrected chi connectivity index (χ1v) is 6.81. The number of amides is 1. The van der Waals surface area contributed by atoms with Crippen LogP contribution in [0.4, 0.5) is 0 Å². The van der Waals surface area contributed by atoms with E-state index in [4.69, 9.17) is 0 Å². The summed E-state index contributed by atoms with van der Waals surface area (Å²) in [4.78, 5) is 18.3. The molecule has 0 aromatic carbocycles. The Kier molecular flexibility index (Phi) is 4.34. The average molecular weight is 246 g/mol. The normalized spacial score (nSPS) is 15.9. The number of hydrogen-bond donors (Lipinski definition) is 0. The fourth-order valence-electron chi connectivity index (χ4n) is 2.66. The lowest BCUT2D eigenvalue weighted by Gasteiger charge is -2.21. The summed E-state index contributed by atoms with van der Waals surface area (Å²) in [6, 6.07) is 3.91. The molecule has 0 spiro atoms. The van der Waals surface area contributed by atoms with Gasteiger partial charge in [-0.3, -0.25) is 9.78 Å². The van der Waals surface area contributed by atoms with E-state index in [9.17, 15) is 4.79 Å². The summed E-state index contributed by atoms with van der Waals surface area (Å²) in [6.45, 7) is 2.91. The third-order valence-corrected chi connectivity index (χ3v) is 3.87. The van der Waals surface area contributed by atoms with Gasteiger partial charge in [-0.05, 0) is 37.3 Å². The number of hydrogen-bond acceptors (Lipinski definition) is 2. The first-order chi connectivity index (χ1) is 8.66. The van der Waals surface area contributed by atoms with Crippen LogP contribution >= 0.6 is 0 Å². The van der Waals surface area contributed by atoms with Crippen molar-refractivity contribution in [2.24, 2.45) is 5.92 Å². The van der Waals surface area contributed by atoms with Crippen LogP contribution in [0.25, 0.3) is 0 Å². The zero-order valence-corrected chi connectivity index (χ0v) is 11.4. The van der Waals surface area contributed by atoms with Crippen molar-refractivity contribution in [3.63, 3.8) is 0 Å². The van der Waals surface area contributed by atoms with Crippen LogP contribution in [0.5, 0.6) is 0 Å². The summed E-state index contributed by atoms with van der Waals surface area (Å²) in [6.07, 6.45) is 7.39. The molecule has 1 fully saturated rings. The second kappa shape index (κ2) is 5.98. The van der Waals surface area contributed by atoms with Crippen molar-refractivity contribution in [3.8, 4) is 0 Å². The van der Waals surface area contributed by atoms with Gasteiger partial charge in [0.1, 0.15) is 0 Å². The number of pyridine rings is 1. The largest absolute Gasteiger partial charge is 0.345 e. The molecule has 18 heavy (non-hydrogen) atoms. The fraction of sp³-hybridized carbons (Fsp3) is 0.600. The second-order valence-corrected chi connectivity index (χ2v) is 5.37. The molecule has 1 saturated carbocycles. The van der Waals surface area contributed by atoms with Gasteiger partial charge in [-0.15, -0.1) is 0 Å². The van der Waals surface area contributed by atoms with Crippen molar-refractivity contribution in [1.82, 2.24) is 9.88 Å². The van der Waals surface area contributed by atoms with Crippen molar-refractivity contribution < 1.29 is 4.79 Å². The van der Waals surface area contributed by atoms with Gasteiger partial charge in [0, 0.05) is 19.8 Å². The quantitative estimate of drug-likeness (QED) is 0.818. The van der Waals surface area contributed by atoms with Gasteiger partial charge in [0.05, 0.1) is 12.1 Å². The monoisotopic (exact) mass is 246 g/mol. The Morgan fingerprint density at radius 2 is 2.17 bits per heavy atom. The number of aromatic nitrogens is 1. The van der Waals surface area contributed by atoms with Gasteiger partial charge in [-0.1, -0.05) is 18.9 Å². The molecular weight excluding hydrogens is 224 g/mol. The number of aryl methyl sites for hydroxylation is 1. The Balaban J connectivity index is 1.89. The molecule has 0 atom stereocenters. The Labute approximate surface area is 109 Å². The van der Waals surface area contributed by atoms with E-state index in [1.54, 1.807) is 6.20 Å². The zero-order valence-electron chi connectivity index (χ0n) is 11.4. The lowest BCUT2D eigenvalue weighted by atomic mass is 10.1. The highest BCUT2D eigenvalue weighted by atomic mass is 16.2. The van der Waals surface area contributed by atoms with Crippen LogP contribution in [0.1, 0.15) is 36.9 Å². The molecule has 1 amide bonds. The van der Waals surface area contributed by atoms with Crippen molar-refractivity contribution in [1.29, 1.82) is 0 Å². The number of rotatable bonds is 4. The van der Waals surface area contributed by atoms with Gasteiger partial charge in [0.15, 0.2) is 0 Å². The lowest BCUT2D eigenvalue weighted by molar-refractivity contribution is -0.129. The summed E-state index contributed by atoms with van der Waals surface area (Å²) in [5.41, 5.74) is 2.00. The predicted octanol–water partition coefficient (Wildman–Crippen LogP) is 2.58. The highest BCUT2D eigenvalue weighted by Gasteiger charge is 2.19. The van der Waals surface area contributed by atoms with E-state index in [0.717, 1.165) is 17.8 Å². The molecule has 0 unspecified atom stereocenters. The summed E-state index contributed by atoms with van der Waals surface area (Å²) in [7, 11) is 1.92. The van der Waals surface area contributed by atoms with E-state index in [-0.39, 0.29) is 5.91 Å². The molecule has 1 aliphatic rings. The van der Waals surface area contributed by atoms with Crippen LogP contribution in [-0.4, -0.2) is 29.4 Å². The lowest BCUT2D eigenvalue weighted by Crippen LogP contribution is -2.32. The van der Waals surface area contributed by atoms with Crippen molar-refractivity contribution in [2.75, 3.05) is 13.6 Å². The third kappa shape index (κ3) is 3.31. The van der Waals surface area contributed by atoms with Crippen molar-refractivity contribution >= 4 is 5.91 Å². The molecule has 1 aromatic heterocycles. The number of likely N-dealkylation sites (N-methyl/N-ethyl adjacent to an activating group) is 1. The Morgan fingerprint density at radius 1 is 1.44 bits per heavy atom. The van der Waals surface area contributed by atoms with E-state index in [2.05, 4.69) is 4.98 Å². The highest BCUT2D eigenvalue weighted by Crippen LogP contribution is 2.25. The van der Waals surface area contributed by atoms with E-state index in [0.29, 0.717) is 12.3 Å². The number of carbonyl (C=O) groups is 1. The third-order valence-electron chi connectivity index (χ3n) is 3.87. The Bertz CT molecular complexity index is 411. The molecule has 1 aromatic rings. The molecule has 0 saturated heterocycles. The summed E-state index contributed by atoms with van der Waals surface area (Å²) in [5.74, 6) is 0.896. The van der Waals surface area contributed by atoms with Crippen LogP contribution in [0.2, 0.25) is 0 Å². The van der Waals surface area contributed by atoms with Crippen LogP contribution in [0.3, 0.4) is 0 Å². The van der Waals surface area contributed by atoms with Crippen molar-refractivity contribution in [3.05, 3.63) is 29.6 Å². The molecule has 3 nitrogen and oxygen atoms in total. The molecule has 0 radical (unpaired) electrons. The van der Waals surface area contributed by atoms with Gasteiger partial charge in [0.25, 0.3) is 0 Å². The topological polar surface area (TPSA) is 33.2 Å². The van der Waals surface area contributed by atoms with Gasteiger partial charge in [0.2, 0.25) is 5.91 Å². The van der Waals surface area contributed by atoms with Gasteiger partial charge >= 0.3 is 0 Å². The minimum atomic E-state index is 0.184. The van der Waals surface area contributed by atoms with Crippen molar-refractivity contribution in [2.45, 2.75) is 39.0 Å². The standard InChI is InChI=1S/C15H22N2O/c1-12-6-5-9-16-14(12)10-15(18)17(2)11-13-7-3-4-8-13/h5-6,9,13H,3-4,7-8,10-11H2,1-2H3. The molecule has 1 aliphatic carbocycles. The van der Waals surface area contributed by atoms with Gasteiger partial charge < -0.3 is 4.90 Å². The maximum Gasteiger partial charge on any atom is 0.228 e. The highest BCUT2D eigenvalue weighted by molar-refractivity contribution is 5.78. The van der Waals surface area contributed by atoms with Crippen LogP contribution in [-0.2, 0) is 11.2 Å². The first-order valence-electron chi connectivity index (χ1n) is 6.81. The molecule has 98 valence electrons. The smallest absolute Gasteiger partial charge is 0.228 e. The minimum Gasteiger partial charge on any atom is -0.345 e. The van der Waals surface area contributed by atoms with Gasteiger partial charge in [-0.25, -0.2) is 0 Å². The molecule has 0 bridgehead atoms. The Hall–Kier alpha value is -1.38. The SMILES string of the molecule is Cc1cccnc1CC(=O)N(C)CC1CCCC1. The zero-order chi connectivity index (χ0) is 13.0. The molecule has 1 heterocycles. The Morgan fingerprint density at radius 3 is 2.83 bits per heavy atom. The molecule has 3 heteroatoms. The summed E-state index contributed by atoms with van der Waals surface area (Å²) < 4.78 is 0. The van der Waals surface area contributed by atoms with Gasteiger partial charge in [-0.2, -0.15) is 0 Å². The van der Waals surface area contributed by atoms with Crippen LogP contribution in [0.15, 0.2) is 18.3 Å². The average Bonchev–Trinajstić information content (AvgIpc) is 2.84. The number of carbonyl (C=O) groups excluding carboxylic acids is 1. The maximum absolute atomic E-state index is 12.1. The minimum absolute atomic E-state index is 0.184. The fourth-order valence-corrected chi connectivity index (χ4v) is 2.66. The number of nitrogens with zero attached hydrogens (tertiary/aromatic N) is 2. The predicted molar refractivity (Wildman–Crippen MR) is 72.3 cm³/mol. The van der Waals surface area contributed by atoms with E-state index in [1.165, 1.54) is 25.7 Å². The summed E-state index contributed by atoms with van der Waals surface area (Å²) in [5, 5.41) is 0. The summed E-state index contributed by atoms with van der Waals surface area (Å²) >= 11 is 0. The van der Waals surface area contributed by atoms with Crippen LogP contribution < -0.4 is 0 Å². The van der Waals surface area contributed by atoms with E-state index in [1.807, 2.05) is 31.0 Å².